The zero-order valence-electron chi connectivity index (χ0n) is 5.88. The third kappa shape index (κ3) is 1.73. The van der Waals surface area contributed by atoms with Gasteiger partial charge in [0.1, 0.15) is 6.61 Å². The highest BCUT2D eigenvalue weighted by Gasteiger charge is 2.29. The number of amides is 1. The second-order valence-corrected chi connectivity index (χ2v) is 2.69. The van der Waals surface area contributed by atoms with E-state index in [0.717, 1.165) is 6.42 Å². The van der Waals surface area contributed by atoms with Crippen molar-refractivity contribution in [1.29, 1.82) is 0 Å². The van der Waals surface area contributed by atoms with Crippen LogP contribution in [0.1, 0.15) is 6.42 Å². The molecule has 0 aliphatic carbocycles. The molecule has 1 rings (SSSR count). The number of carbonyl (C=O) groups excluding carboxylic acids is 1. The van der Waals surface area contributed by atoms with E-state index < -0.39 is 6.61 Å². The van der Waals surface area contributed by atoms with Gasteiger partial charge in [-0.1, -0.05) is 5.92 Å². The van der Waals surface area contributed by atoms with Gasteiger partial charge in [-0.05, 0) is 11.3 Å². The molecular formula is C7H8BrNO2. The molecule has 1 fully saturated rings. The Morgan fingerprint density at radius 1 is 1.82 bits per heavy atom. The fraction of sp³-hybridized carbons (Fsp3) is 0.571. The van der Waals surface area contributed by atoms with Crippen LogP contribution in [0.2, 0.25) is 0 Å². The first kappa shape index (κ1) is 8.57. The van der Waals surface area contributed by atoms with Crippen molar-refractivity contribution in [2.24, 2.45) is 0 Å². The van der Waals surface area contributed by atoms with E-state index >= 15 is 0 Å². The second kappa shape index (κ2) is 3.74. The summed E-state index contributed by atoms with van der Waals surface area (Å²) in [5.41, 5.74) is 0. The molecule has 11 heavy (non-hydrogen) atoms. The third-order valence-electron chi connectivity index (χ3n) is 1.70. The molecule has 0 aromatic carbocycles. The maximum absolute atomic E-state index is 10.9. The zero-order valence-corrected chi connectivity index (χ0v) is 7.47. The monoisotopic (exact) mass is 217 g/mol. The number of hydrogen-bond donors (Lipinski definition) is 1. The third-order valence-corrected chi connectivity index (χ3v) is 1.93. The van der Waals surface area contributed by atoms with Gasteiger partial charge in [0, 0.05) is 22.5 Å². The summed E-state index contributed by atoms with van der Waals surface area (Å²) in [5.74, 6) is 2.57. The Morgan fingerprint density at radius 3 is 2.91 bits per heavy atom. The Bertz CT molecular complexity index is 218. The van der Waals surface area contributed by atoms with Crippen molar-refractivity contribution in [3.05, 3.63) is 0 Å². The van der Waals surface area contributed by atoms with E-state index in [2.05, 4.69) is 26.7 Å². The molecule has 60 valence electrons. The quantitative estimate of drug-likeness (QED) is 0.626. The minimum Gasteiger partial charge on any atom is -0.387 e. The first-order valence-electron chi connectivity index (χ1n) is 3.31. The lowest BCUT2D eigenvalue weighted by molar-refractivity contribution is -0.139. The lowest BCUT2D eigenvalue weighted by atomic mass is 10.0. The average molecular weight is 218 g/mol. The van der Waals surface area contributed by atoms with Gasteiger partial charge >= 0.3 is 0 Å². The van der Waals surface area contributed by atoms with E-state index in [1.807, 2.05) is 0 Å². The Labute approximate surface area is 73.5 Å². The number of likely N-dealkylation sites (tertiary alicyclic amines) is 1. The molecule has 1 aliphatic rings. The van der Waals surface area contributed by atoms with E-state index in [-0.39, 0.29) is 11.9 Å². The van der Waals surface area contributed by atoms with Gasteiger partial charge in [0.25, 0.3) is 0 Å². The number of nitrogens with zero attached hydrogens (tertiary/aromatic N) is 1. The summed E-state index contributed by atoms with van der Waals surface area (Å²) >= 11 is 2.96. The normalized spacial score (nSPS) is 21.6. The molecule has 4 heteroatoms. The molecular weight excluding hydrogens is 210 g/mol. The number of halogens is 1. The van der Waals surface area contributed by atoms with Crippen molar-refractivity contribution in [3.8, 4) is 10.8 Å². The first-order valence-corrected chi connectivity index (χ1v) is 4.10. The molecule has 0 aromatic rings. The lowest BCUT2D eigenvalue weighted by Gasteiger charge is -2.37. The summed E-state index contributed by atoms with van der Waals surface area (Å²) in [4.78, 5) is 15.0. The molecule has 1 atom stereocenters. The molecule has 3 nitrogen and oxygen atoms in total. The smallest absolute Gasteiger partial charge is 0.249 e. The van der Waals surface area contributed by atoms with Crippen LogP contribution in [0.15, 0.2) is 0 Å². The minimum atomic E-state index is -0.416. The molecule has 0 saturated carbocycles. The van der Waals surface area contributed by atoms with Gasteiger partial charge in [0.15, 0.2) is 0 Å². The Balaban J connectivity index is 2.47. The predicted molar refractivity (Wildman–Crippen MR) is 43.9 cm³/mol. The fourth-order valence-electron chi connectivity index (χ4n) is 0.990. The number of rotatable bonds is 1. The van der Waals surface area contributed by atoms with E-state index in [4.69, 9.17) is 5.11 Å². The Kier molecular flexibility index (Phi) is 2.92. The van der Waals surface area contributed by atoms with Crippen LogP contribution >= 0.6 is 15.9 Å². The van der Waals surface area contributed by atoms with Crippen LogP contribution in [0.3, 0.4) is 0 Å². The number of aliphatic hydroxyl groups is 1. The van der Waals surface area contributed by atoms with Crippen molar-refractivity contribution in [1.82, 2.24) is 4.90 Å². The van der Waals surface area contributed by atoms with Gasteiger partial charge in [-0.15, -0.1) is 0 Å². The van der Waals surface area contributed by atoms with E-state index in [9.17, 15) is 4.79 Å². The van der Waals surface area contributed by atoms with Crippen molar-refractivity contribution in [2.75, 3.05) is 13.2 Å². The van der Waals surface area contributed by atoms with Crippen LogP contribution in [0.4, 0.5) is 0 Å². The van der Waals surface area contributed by atoms with E-state index in [1.54, 1.807) is 4.90 Å². The molecule has 0 radical (unpaired) electrons. The number of carbonyl (C=O) groups is 1. The highest BCUT2D eigenvalue weighted by atomic mass is 79.9. The van der Waals surface area contributed by atoms with Gasteiger partial charge in [-0.3, -0.25) is 4.79 Å². The number of hydrogen-bond acceptors (Lipinski definition) is 2. The van der Waals surface area contributed by atoms with Crippen molar-refractivity contribution < 1.29 is 9.90 Å². The van der Waals surface area contributed by atoms with E-state index in [0.29, 0.717) is 6.54 Å². The molecule has 0 spiro atoms. The number of aliphatic hydroxyl groups excluding tert-OH is 1. The molecule has 1 saturated heterocycles. The molecule has 0 unspecified atom stereocenters. The largest absolute Gasteiger partial charge is 0.387 e. The maximum Gasteiger partial charge on any atom is 0.249 e. The second-order valence-electron chi connectivity index (χ2n) is 2.29. The first-order chi connectivity index (χ1) is 5.29. The summed E-state index contributed by atoms with van der Waals surface area (Å²) in [6, 6.07) is 0.00836. The van der Waals surface area contributed by atoms with Crippen molar-refractivity contribution in [2.45, 2.75) is 12.5 Å². The SMILES string of the molecule is O=C(CO)N1CC[C@H]1C#CBr. The zero-order chi connectivity index (χ0) is 8.27. The summed E-state index contributed by atoms with van der Waals surface area (Å²) in [6.45, 7) is 0.298. The molecule has 1 heterocycles. The van der Waals surface area contributed by atoms with Gasteiger partial charge < -0.3 is 10.0 Å². The molecule has 1 amide bonds. The maximum atomic E-state index is 10.9. The van der Waals surface area contributed by atoms with Crippen LogP contribution in [0.25, 0.3) is 0 Å². The average Bonchev–Trinajstić information content (AvgIpc) is 1.98. The fourth-order valence-corrected chi connectivity index (χ4v) is 1.25. The molecule has 0 aromatic heterocycles. The molecule has 1 aliphatic heterocycles. The summed E-state index contributed by atoms with van der Waals surface area (Å²) in [7, 11) is 0. The van der Waals surface area contributed by atoms with Gasteiger partial charge in [0.05, 0.1) is 6.04 Å². The lowest BCUT2D eigenvalue weighted by Crippen LogP contribution is -2.51. The standard InChI is InChI=1S/C7H8BrNO2/c8-3-1-6-2-4-9(6)7(11)5-10/h6,10H,2,4-5H2/t6-/m1/s1. The van der Waals surface area contributed by atoms with Crippen LogP contribution in [-0.4, -0.2) is 35.1 Å². The van der Waals surface area contributed by atoms with Crippen LogP contribution < -0.4 is 0 Å². The highest BCUT2D eigenvalue weighted by molar-refractivity contribution is 9.12. The Hall–Kier alpha value is -0.530. The van der Waals surface area contributed by atoms with Crippen molar-refractivity contribution in [3.63, 3.8) is 0 Å². The van der Waals surface area contributed by atoms with Crippen LogP contribution in [-0.2, 0) is 4.79 Å². The van der Waals surface area contributed by atoms with E-state index in [1.165, 1.54) is 0 Å². The summed E-state index contributed by atoms with van der Waals surface area (Å²) < 4.78 is 0. The molecule has 0 bridgehead atoms. The topological polar surface area (TPSA) is 40.5 Å². The van der Waals surface area contributed by atoms with Gasteiger partial charge in [0.2, 0.25) is 5.91 Å². The predicted octanol–water partition coefficient (Wildman–Crippen LogP) is -0.0646. The minimum absolute atomic E-state index is 0.00836. The molecule has 1 N–H and O–H groups in total. The van der Waals surface area contributed by atoms with Crippen LogP contribution in [0, 0.1) is 10.8 Å². The van der Waals surface area contributed by atoms with Crippen LogP contribution in [0.5, 0.6) is 0 Å². The Morgan fingerprint density at radius 2 is 2.55 bits per heavy atom. The summed E-state index contributed by atoms with van der Waals surface area (Å²) in [5, 5.41) is 8.51. The van der Waals surface area contributed by atoms with Gasteiger partial charge in [-0.25, -0.2) is 0 Å². The van der Waals surface area contributed by atoms with Crippen molar-refractivity contribution >= 4 is 21.8 Å². The highest BCUT2D eigenvalue weighted by Crippen LogP contribution is 2.16. The summed E-state index contributed by atoms with van der Waals surface area (Å²) in [6.07, 6.45) is 0.907. The van der Waals surface area contributed by atoms with Gasteiger partial charge in [-0.2, -0.15) is 0 Å².